The van der Waals surface area contributed by atoms with E-state index in [2.05, 4.69) is 56.6 Å². The van der Waals surface area contributed by atoms with Gasteiger partial charge in [-0.05, 0) is 43.3 Å². The molecular weight excluding hydrogens is 372 g/mol. The predicted molar refractivity (Wildman–Crippen MR) is 102 cm³/mol. The SMILES string of the molecule is Cc1ccc2c(c1)/C(=N/NC(N)=Nc1ccc(Br)cc1)CCS2. The Balaban J connectivity index is 1.78. The van der Waals surface area contributed by atoms with Crippen LogP contribution >= 0.6 is 27.7 Å². The van der Waals surface area contributed by atoms with Crippen LogP contribution in [0.5, 0.6) is 0 Å². The molecule has 1 aliphatic rings. The van der Waals surface area contributed by atoms with Crippen molar-refractivity contribution in [2.24, 2.45) is 15.8 Å². The summed E-state index contributed by atoms with van der Waals surface area (Å²) in [5, 5.41) is 4.47. The van der Waals surface area contributed by atoms with E-state index in [4.69, 9.17) is 5.73 Å². The summed E-state index contributed by atoms with van der Waals surface area (Å²) in [7, 11) is 0. The molecule has 0 aromatic heterocycles. The Hall–Kier alpha value is -1.79. The highest BCUT2D eigenvalue weighted by molar-refractivity contribution is 9.10. The van der Waals surface area contributed by atoms with Gasteiger partial charge >= 0.3 is 0 Å². The zero-order chi connectivity index (χ0) is 16.2. The van der Waals surface area contributed by atoms with Crippen LogP contribution in [0.25, 0.3) is 0 Å². The molecule has 0 radical (unpaired) electrons. The summed E-state index contributed by atoms with van der Waals surface area (Å²) in [6, 6.07) is 14.1. The first-order valence-corrected chi connectivity index (χ1v) is 9.06. The molecule has 0 saturated heterocycles. The molecular formula is C17H17BrN4S. The monoisotopic (exact) mass is 388 g/mol. The lowest BCUT2D eigenvalue weighted by Crippen LogP contribution is -2.28. The molecule has 0 unspecified atom stereocenters. The Morgan fingerprint density at radius 3 is 2.78 bits per heavy atom. The number of hydrazone groups is 1. The lowest BCUT2D eigenvalue weighted by molar-refractivity contribution is 0.986. The summed E-state index contributed by atoms with van der Waals surface area (Å²) in [6.07, 6.45) is 0.916. The van der Waals surface area contributed by atoms with E-state index < -0.39 is 0 Å². The molecule has 23 heavy (non-hydrogen) atoms. The molecule has 6 heteroatoms. The summed E-state index contributed by atoms with van der Waals surface area (Å²) in [6.45, 7) is 2.09. The number of thioether (sulfide) groups is 1. The Bertz CT molecular complexity index is 769. The number of hydrogen-bond donors (Lipinski definition) is 2. The van der Waals surface area contributed by atoms with Crippen LogP contribution in [-0.4, -0.2) is 17.4 Å². The van der Waals surface area contributed by atoms with Gasteiger partial charge in [0.2, 0.25) is 5.96 Å². The standard InChI is InChI=1S/C17H17BrN4S/c1-11-2-7-16-14(10-11)15(8-9-23-16)21-22-17(19)20-13-5-3-12(18)4-6-13/h2-7,10H,8-9H2,1H3,(H3,19,20,22)/b21-15+. The molecule has 0 bridgehead atoms. The maximum atomic E-state index is 5.93. The molecule has 1 aliphatic heterocycles. The molecule has 0 saturated carbocycles. The largest absolute Gasteiger partial charge is 0.368 e. The molecule has 0 atom stereocenters. The molecule has 3 rings (SSSR count). The fourth-order valence-corrected chi connectivity index (χ4v) is 3.58. The van der Waals surface area contributed by atoms with Gasteiger partial charge in [0, 0.05) is 27.1 Å². The highest BCUT2D eigenvalue weighted by atomic mass is 79.9. The van der Waals surface area contributed by atoms with E-state index in [1.807, 2.05) is 36.0 Å². The highest BCUT2D eigenvalue weighted by Crippen LogP contribution is 2.30. The Morgan fingerprint density at radius 2 is 2.00 bits per heavy atom. The van der Waals surface area contributed by atoms with Crippen molar-refractivity contribution in [2.75, 3.05) is 5.75 Å². The molecule has 0 aliphatic carbocycles. The third-order valence-electron chi connectivity index (χ3n) is 3.42. The normalized spacial score (nSPS) is 16.3. The van der Waals surface area contributed by atoms with E-state index in [9.17, 15) is 0 Å². The molecule has 0 fully saturated rings. The minimum atomic E-state index is 0.284. The van der Waals surface area contributed by atoms with E-state index in [0.717, 1.165) is 28.0 Å². The van der Waals surface area contributed by atoms with E-state index in [1.54, 1.807) is 0 Å². The maximum Gasteiger partial charge on any atom is 0.214 e. The van der Waals surface area contributed by atoms with Gasteiger partial charge in [-0.2, -0.15) is 5.10 Å². The number of fused-ring (bicyclic) bond motifs is 1. The fraction of sp³-hybridized carbons (Fsp3) is 0.176. The van der Waals surface area contributed by atoms with Crippen molar-refractivity contribution in [2.45, 2.75) is 18.2 Å². The van der Waals surface area contributed by atoms with E-state index in [1.165, 1.54) is 16.0 Å². The molecule has 2 aromatic carbocycles. The first-order chi connectivity index (χ1) is 11.1. The number of aryl methyl sites for hydroxylation is 1. The predicted octanol–water partition coefficient (Wildman–Crippen LogP) is 4.19. The zero-order valence-corrected chi connectivity index (χ0v) is 15.1. The first kappa shape index (κ1) is 16.1. The third-order valence-corrected chi connectivity index (χ3v) is 5.03. The zero-order valence-electron chi connectivity index (χ0n) is 12.7. The number of nitrogens with one attached hydrogen (secondary N) is 1. The topological polar surface area (TPSA) is 62.8 Å². The molecule has 3 N–H and O–H groups in total. The van der Waals surface area contributed by atoms with Crippen LogP contribution in [0.1, 0.15) is 17.5 Å². The summed E-state index contributed by atoms with van der Waals surface area (Å²) < 4.78 is 1.01. The van der Waals surface area contributed by atoms with Crippen LogP contribution in [0.15, 0.2) is 61.9 Å². The number of aliphatic imine (C=N–C) groups is 1. The molecule has 0 spiro atoms. The van der Waals surface area contributed by atoms with Gasteiger partial charge < -0.3 is 5.73 Å². The van der Waals surface area contributed by atoms with Gasteiger partial charge in [-0.3, -0.25) is 0 Å². The van der Waals surface area contributed by atoms with Gasteiger partial charge in [0.05, 0.1) is 11.4 Å². The summed E-state index contributed by atoms with van der Waals surface area (Å²) >= 11 is 5.26. The minimum Gasteiger partial charge on any atom is -0.368 e. The van der Waals surface area contributed by atoms with Crippen LogP contribution in [0.3, 0.4) is 0 Å². The van der Waals surface area contributed by atoms with Crippen molar-refractivity contribution in [1.82, 2.24) is 5.43 Å². The van der Waals surface area contributed by atoms with Crippen LogP contribution in [0.4, 0.5) is 5.69 Å². The third kappa shape index (κ3) is 4.14. The maximum absolute atomic E-state index is 5.93. The van der Waals surface area contributed by atoms with E-state index in [-0.39, 0.29) is 5.96 Å². The van der Waals surface area contributed by atoms with Gasteiger partial charge in [-0.15, -0.1) is 11.8 Å². The van der Waals surface area contributed by atoms with Crippen molar-refractivity contribution < 1.29 is 0 Å². The minimum absolute atomic E-state index is 0.284. The second-order valence-corrected chi connectivity index (χ2v) is 7.29. The molecule has 118 valence electrons. The van der Waals surface area contributed by atoms with Gasteiger partial charge in [0.1, 0.15) is 0 Å². The number of benzene rings is 2. The van der Waals surface area contributed by atoms with Gasteiger partial charge in [-0.1, -0.05) is 27.6 Å². The second-order valence-electron chi connectivity index (χ2n) is 5.24. The molecule has 0 amide bonds. The number of nitrogens with zero attached hydrogens (tertiary/aromatic N) is 2. The van der Waals surface area contributed by atoms with Crippen LogP contribution < -0.4 is 11.2 Å². The fourth-order valence-electron chi connectivity index (χ4n) is 2.31. The van der Waals surface area contributed by atoms with E-state index in [0.29, 0.717) is 0 Å². The van der Waals surface area contributed by atoms with Crippen molar-refractivity contribution in [3.63, 3.8) is 0 Å². The van der Waals surface area contributed by atoms with Crippen molar-refractivity contribution in [3.05, 3.63) is 58.1 Å². The number of hydrogen-bond acceptors (Lipinski definition) is 3. The Kier molecular flexibility index (Phi) is 5.03. The van der Waals surface area contributed by atoms with Gasteiger partial charge in [0.25, 0.3) is 0 Å². The summed E-state index contributed by atoms with van der Waals surface area (Å²) in [4.78, 5) is 5.58. The van der Waals surface area contributed by atoms with Crippen molar-refractivity contribution >= 4 is 45.1 Å². The number of nitrogens with two attached hydrogens (primary N) is 1. The van der Waals surface area contributed by atoms with Crippen LogP contribution in [0, 0.1) is 6.92 Å². The Morgan fingerprint density at radius 1 is 1.22 bits per heavy atom. The second kappa shape index (κ2) is 7.19. The lowest BCUT2D eigenvalue weighted by Gasteiger charge is -2.17. The van der Waals surface area contributed by atoms with Crippen molar-refractivity contribution in [1.29, 1.82) is 0 Å². The highest BCUT2D eigenvalue weighted by Gasteiger charge is 2.16. The molecule has 1 heterocycles. The average molecular weight is 389 g/mol. The average Bonchev–Trinajstić information content (AvgIpc) is 2.55. The Labute approximate surface area is 148 Å². The summed E-state index contributed by atoms with van der Waals surface area (Å²) in [5.74, 6) is 1.31. The first-order valence-electron chi connectivity index (χ1n) is 7.28. The van der Waals surface area contributed by atoms with E-state index >= 15 is 0 Å². The quantitative estimate of drug-likeness (QED) is 0.460. The van der Waals surface area contributed by atoms with Gasteiger partial charge in [-0.25, -0.2) is 10.4 Å². The number of rotatable bonds is 2. The smallest absolute Gasteiger partial charge is 0.214 e. The van der Waals surface area contributed by atoms with Gasteiger partial charge in [0.15, 0.2) is 0 Å². The van der Waals surface area contributed by atoms with Crippen molar-refractivity contribution in [3.8, 4) is 0 Å². The van der Waals surface area contributed by atoms with Crippen LogP contribution in [-0.2, 0) is 0 Å². The number of guanidine groups is 1. The van der Waals surface area contributed by atoms with Crippen LogP contribution in [0.2, 0.25) is 0 Å². The summed E-state index contributed by atoms with van der Waals surface area (Å²) in [5.41, 5.74) is 13.0. The number of halogens is 1. The molecule has 4 nitrogen and oxygen atoms in total. The lowest BCUT2D eigenvalue weighted by atomic mass is 10.1. The molecule has 2 aromatic rings.